The standard InChI is InChI=1S/C12H18BrN3O/c1-9-14-11(13)7-12(15-9)16-5-2-3-10(8-16)4-6-17/h7,10,17H,2-6,8H2,1H3. The highest BCUT2D eigenvalue weighted by molar-refractivity contribution is 9.10. The lowest BCUT2D eigenvalue weighted by molar-refractivity contribution is 0.244. The third-order valence-corrected chi connectivity index (χ3v) is 3.58. The minimum absolute atomic E-state index is 0.283. The molecule has 2 rings (SSSR count). The molecule has 0 spiro atoms. The van der Waals surface area contributed by atoms with E-state index >= 15 is 0 Å². The topological polar surface area (TPSA) is 49.2 Å². The lowest BCUT2D eigenvalue weighted by atomic mass is 9.95. The van der Waals surface area contributed by atoms with Crippen LogP contribution in [0, 0.1) is 12.8 Å². The summed E-state index contributed by atoms with van der Waals surface area (Å²) in [6, 6.07) is 1.97. The highest BCUT2D eigenvalue weighted by Crippen LogP contribution is 2.24. The molecule has 2 heterocycles. The van der Waals surface area contributed by atoms with E-state index in [0.29, 0.717) is 5.92 Å². The molecular weight excluding hydrogens is 282 g/mol. The maximum atomic E-state index is 9.01. The number of aromatic nitrogens is 2. The van der Waals surface area contributed by atoms with E-state index in [4.69, 9.17) is 5.11 Å². The summed E-state index contributed by atoms with van der Waals surface area (Å²) in [6.45, 7) is 4.22. The van der Waals surface area contributed by atoms with Crippen molar-refractivity contribution in [1.29, 1.82) is 0 Å². The third-order valence-electron chi connectivity index (χ3n) is 3.17. The van der Waals surface area contributed by atoms with E-state index in [0.717, 1.165) is 35.8 Å². The molecule has 0 aromatic carbocycles. The molecule has 1 atom stereocenters. The smallest absolute Gasteiger partial charge is 0.133 e. The van der Waals surface area contributed by atoms with Gasteiger partial charge in [-0.2, -0.15) is 0 Å². The van der Waals surface area contributed by atoms with Crippen molar-refractivity contribution >= 4 is 21.7 Å². The van der Waals surface area contributed by atoms with Gasteiger partial charge in [0.15, 0.2) is 0 Å². The largest absolute Gasteiger partial charge is 0.396 e. The second-order valence-electron chi connectivity index (χ2n) is 4.56. The van der Waals surface area contributed by atoms with Gasteiger partial charge in [0.2, 0.25) is 0 Å². The lowest BCUT2D eigenvalue weighted by Crippen LogP contribution is -2.36. The molecule has 1 aliphatic heterocycles. The SMILES string of the molecule is Cc1nc(Br)cc(N2CCCC(CCO)C2)n1. The van der Waals surface area contributed by atoms with Crippen LogP contribution in [0.2, 0.25) is 0 Å². The van der Waals surface area contributed by atoms with Gasteiger partial charge in [-0.25, -0.2) is 9.97 Å². The molecule has 0 saturated carbocycles. The molecule has 1 saturated heterocycles. The number of hydrogen-bond acceptors (Lipinski definition) is 4. The van der Waals surface area contributed by atoms with E-state index in [1.807, 2.05) is 13.0 Å². The average Bonchev–Trinajstić information content (AvgIpc) is 2.28. The van der Waals surface area contributed by atoms with Gasteiger partial charge in [-0.15, -0.1) is 0 Å². The van der Waals surface area contributed by atoms with E-state index < -0.39 is 0 Å². The van der Waals surface area contributed by atoms with Crippen LogP contribution in [0.3, 0.4) is 0 Å². The Balaban J connectivity index is 2.10. The predicted octanol–water partition coefficient (Wildman–Crippen LogP) is 2.15. The third kappa shape index (κ3) is 3.39. The first-order valence-electron chi connectivity index (χ1n) is 6.06. The Morgan fingerprint density at radius 2 is 2.35 bits per heavy atom. The molecule has 1 aromatic heterocycles. The minimum atomic E-state index is 0.283. The number of halogens is 1. The number of aliphatic hydroxyl groups is 1. The molecular formula is C12H18BrN3O. The number of hydrogen-bond donors (Lipinski definition) is 1. The van der Waals surface area contributed by atoms with Crippen LogP contribution < -0.4 is 4.90 Å². The van der Waals surface area contributed by atoms with Gasteiger partial charge in [-0.05, 0) is 48.0 Å². The first kappa shape index (κ1) is 12.8. The summed E-state index contributed by atoms with van der Waals surface area (Å²) in [5.41, 5.74) is 0. The molecule has 17 heavy (non-hydrogen) atoms. The molecule has 1 aromatic rings. The van der Waals surface area contributed by atoms with Crippen molar-refractivity contribution in [2.45, 2.75) is 26.2 Å². The van der Waals surface area contributed by atoms with E-state index in [1.54, 1.807) is 0 Å². The lowest BCUT2D eigenvalue weighted by Gasteiger charge is -2.33. The van der Waals surface area contributed by atoms with E-state index in [2.05, 4.69) is 30.8 Å². The van der Waals surface area contributed by atoms with Crippen molar-refractivity contribution in [3.63, 3.8) is 0 Å². The molecule has 1 fully saturated rings. The molecule has 94 valence electrons. The summed E-state index contributed by atoms with van der Waals surface area (Å²) in [7, 11) is 0. The number of aryl methyl sites for hydroxylation is 1. The molecule has 4 nitrogen and oxygen atoms in total. The average molecular weight is 300 g/mol. The minimum Gasteiger partial charge on any atom is -0.396 e. The quantitative estimate of drug-likeness (QED) is 0.869. The molecule has 0 amide bonds. The highest BCUT2D eigenvalue weighted by Gasteiger charge is 2.20. The Bertz CT molecular complexity index is 364. The van der Waals surface area contributed by atoms with Crippen LogP contribution in [0.15, 0.2) is 10.7 Å². The van der Waals surface area contributed by atoms with Crippen LogP contribution in [-0.4, -0.2) is 34.8 Å². The first-order valence-corrected chi connectivity index (χ1v) is 6.85. The first-order chi connectivity index (χ1) is 8.19. The number of aliphatic hydroxyl groups excluding tert-OH is 1. The second kappa shape index (κ2) is 5.78. The van der Waals surface area contributed by atoms with Gasteiger partial charge in [-0.1, -0.05) is 0 Å². The molecule has 5 heteroatoms. The van der Waals surface area contributed by atoms with Crippen molar-refractivity contribution in [2.24, 2.45) is 5.92 Å². The maximum absolute atomic E-state index is 9.01. The normalized spacial score (nSPS) is 20.6. The van der Waals surface area contributed by atoms with Crippen molar-refractivity contribution in [1.82, 2.24) is 9.97 Å². The number of piperidine rings is 1. The van der Waals surface area contributed by atoms with E-state index in [-0.39, 0.29) is 6.61 Å². The predicted molar refractivity (Wildman–Crippen MR) is 71.1 cm³/mol. The van der Waals surface area contributed by atoms with Gasteiger partial charge < -0.3 is 10.0 Å². The summed E-state index contributed by atoms with van der Waals surface area (Å²) in [6.07, 6.45) is 3.27. The van der Waals surface area contributed by atoms with Crippen LogP contribution in [0.25, 0.3) is 0 Å². The van der Waals surface area contributed by atoms with E-state index in [1.165, 1.54) is 12.8 Å². The van der Waals surface area contributed by atoms with Crippen molar-refractivity contribution in [2.75, 3.05) is 24.6 Å². The second-order valence-corrected chi connectivity index (χ2v) is 5.38. The summed E-state index contributed by atoms with van der Waals surface area (Å²) in [5, 5.41) is 9.01. The molecule has 0 radical (unpaired) electrons. The van der Waals surface area contributed by atoms with Crippen molar-refractivity contribution < 1.29 is 5.11 Å². The summed E-state index contributed by atoms with van der Waals surface area (Å²) in [4.78, 5) is 11.0. The Hall–Kier alpha value is -0.680. The van der Waals surface area contributed by atoms with Crippen LogP contribution in [0.4, 0.5) is 5.82 Å². The zero-order valence-corrected chi connectivity index (χ0v) is 11.7. The summed E-state index contributed by atoms with van der Waals surface area (Å²) in [5.74, 6) is 2.37. The van der Waals surface area contributed by atoms with Gasteiger partial charge in [0.25, 0.3) is 0 Å². The fourth-order valence-corrected chi connectivity index (χ4v) is 2.83. The molecule has 1 aliphatic rings. The van der Waals surface area contributed by atoms with Gasteiger partial charge >= 0.3 is 0 Å². The Morgan fingerprint density at radius 1 is 1.53 bits per heavy atom. The number of anilines is 1. The Kier molecular flexibility index (Phi) is 4.34. The Morgan fingerprint density at radius 3 is 3.06 bits per heavy atom. The van der Waals surface area contributed by atoms with Gasteiger partial charge in [0.1, 0.15) is 16.2 Å². The molecule has 0 aliphatic carbocycles. The molecule has 1 unspecified atom stereocenters. The molecule has 0 bridgehead atoms. The zero-order valence-electron chi connectivity index (χ0n) is 10.1. The van der Waals surface area contributed by atoms with Gasteiger partial charge in [-0.3, -0.25) is 0 Å². The summed E-state index contributed by atoms with van der Waals surface area (Å²) >= 11 is 3.41. The van der Waals surface area contributed by atoms with Crippen LogP contribution >= 0.6 is 15.9 Å². The number of nitrogens with zero attached hydrogens (tertiary/aromatic N) is 3. The van der Waals surface area contributed by atoms with Crippen molar-refractivity contribution in [3.05, 3.63) is 16.5 Å². The van der Waals surface area contributed by atoms with Crippen LogP contribution in [0.5, 0.6) is 0 Å². The zero-order chi connectivity index (χ0) is 12.3. The Labute approximate surface area is 110 Å². The monoisotopic (exact) mass is 299 g/mol. The highest BCUT2D eigenvalue weighted by atomic mass is 79.9. The van der Waals surface area contributed by atoms with Crippen LogP contribution in [0.1, 0.15) is 25.1 Å². The number of rotatable bonds is 3. The van der Waals surface area contributed by atoms with Gasteiger partial charge in [0, 0.05) is 25.8 Å². The maximum Gasteiger partial charge on any atom is 0.133 e. The fraction of sp³-hybridized carbons (Fsp3) is 0.667. The van der Waals surface area contributed by atoms with Gasteiger partial charge in [0.05, 0.1) is 0 Å². The fourth-order valence-electron chi connectivity index (χ4n) is 2.37. The summed E-state index contributed by atoms with van der Waals surface area (Å²) < 4.78 is 0.837. The van der Waals surface area contributed by atoms with E-state index in [9.17, 15) is 0 Å². The molecule has 1 N–H and O–H groups in total. The van der Waals surface area contributed by atoms with Crippen molar-refractivity contribution in [3.8, 4) is 0 Å². The van der Waals surface area contributed by atoms with Crippen LogP contribution in [-0.2, 0) is 0 Å².